The van der Waals surface area contributed by atoms with Gasteiger partial charge in [-0.25, -0.2) is 0 Å². The molecule has 1 N–H and O–H groups in total. The van der Waals surface area contributed by atoms with Crippen LogP contribution >= 0.6 is 0 Å². The van der Waals surface area contributed by atoms with E-state index in [2.05, 4.69) is 5.32 Å². The third-order valence-electron chi connectivity index (χ3n) is 7.53. The van der Waals surface area contributed by atoms with Gasteiger partial charge in [-0.1, -0.05) is 0 Å². The number of carbonyl (C=O) groups excluding carboxylic acids is 1. The van der Waals surface area contributed by atoms with E-state index in [0.717, 1.165) is 42.4 Å². The second-order valence-corrected chi connectivity index (χ2v) is 9.57. The molecule has 1 heterocycles. The Kier molecular flexibility index (Phi) is 1.95. The Labute approximate surface area is 126 Å². The van der Waals surface area contributed by atoms with Crippen LogP contribution in [0.3, 0.4) is 0 Å². The number of nitrogens with zero attached hydrogens (tertiary/aromatic N) is 1. The fraction of sp³-hybridized carbons (Fsp3) is 0.941. The van der Waals surface area contributed by atoms with Crippen LogP contribution in [0, 0.1) is 35.0 Å². The van der Waals surface area contributed by atoms with E-state index in [4.69, 9.17) is 0 Å². The topological polar surface area (TPSA) is 52.2 Å². The van der Waals surface area contributed by atoms with E-state index in [1.54, 1.807) is 0 Å². The molecule has 0 aromatic carbocycles. The van der Waals surface area contributed by atoms with Crippen molar-refractivity contribution in [3.63, 3.8) is 0 Å². The monoisotopic (exact) mass is 289 g/mol. The summed E-state index contributed by atoms with van der Waals surface area (Å²) in [6.45, 7) is 7.98. The van der Waals surface area contributed by atoms with Crippen LogP contribution in [0.4, 0.5) is 0 Å². The fourth-order valence-corrected chi connectivity index (χ4v) is 7.10. The molecule has 1 saturated heterocycles. The van der Waals surface area contributed by atoms with Gasteiger partial charge in [0.1, 0.15) is 0 Å². The summed E-state index contributed by atoms with van der Waals surface area (Å²) in [5.74, 6) is 4.37. The lowest BCUT2D eigenvalue weighted by molar-refractivity contribution is -0.290. The number of hydrogen-bond donors (Lipinski definition) is 1. The highest BCUT2D eigenvalue weighted by Gasteiger charge is 2.99. The lowest BCUT2D eigenvalue weighted by atomic mass is 9.78. The first-order valence-electron chi connectivity index (χ1n) is 8.50. The maximum Gasteiger partial charge on any atom is 0.227 e. The summed E-state index contributed by atoms with van der Waals surface area (Å²) < 4.78 is 0. The van der Waals surface area contributed by atoms with E-state index in [-0.39, 0.29) is 11.5 Å². The predicted octanol–water partition coefficient (Wildman–Crippen LogP) is 1.98. The first-order valence-corrected chi connectivity index (χ1v) is 8.50. The summed E-state index contributed by atoms with van der Waals surface area (Å²) >= 11 is 0. The van der Waals surface area contributed by atoms with Crippen LogP contribution in [-0.2, 0) is 10.0 Å². The smallest absolute Gasteiger partial charge is 0.227 e. The van der Waals surface area contributed by atoms with E-state index in [1.165, 1.54) is 11.5 Å². The molecule has 2 bridgehead atoms. The summed E-state index contributed by atoms with van der Waals surface area (Å²) in [7, 11) is 0. The van der Waals surface area contributed by atoms with Gasteiger partial charge in [0.15, 0.2) is 0 Å². The van der Waals surface area contributed by atoms with Crippen molar-refractivity contribution < 1.29 is 10.0 Å². The molecule has 0 spiro atoms. The van der Waals surface area contributed by atoms with E-state index < -0.39 is 11.1 Å². The highest BCUT2D eigenvalue weighted by molar-refractivity contribution is 5.92. The Balaban J connectivity index is 1.32. The quantitative estimate of drug-likeness (QED) is 0.845. The van der Waals surface area contributed by atoms with Crippen LogP contribution in [0.2, 0.25) is 0 Å². The average Bonchev–Trinajstić information content (AvgIpc) is 2.99. The predicted molar refractivity (Wildman–Crippen MR) is 76.3 cm³/mol. The Morgan fingerprint density at radius 1 is 1.10 bits per heavy atom. The van der Waals surface area contributed by atoms with Crippen LogP contribution in [-0.4, -0.2) is 28.1 Å². The van der Waals surface area contributed by atoms with Gasteiger partial charge in [0.2, 0.25) is 5.91 Å². The zero-order valence-electron chi connectivity index (χ0n) is 13.3. The number of hydroxylamine groups is 2. The van der Waals surface area contributed by atoms with Gasteiger partial charge >= 0.3 is 0 Å². The number of piperidine rings is 1. The van der Waals surface area contributed by atoms with Crippen molar-refractivity contribution in [2.75, 3.05) is 0 Å². The number of amides is 1. The van der Waals surface area contributed by atoms with Crippen molar-refractivity contribution in [2.45, 2.75) is 64.1 Å². The van der Waals surface area contributed by atoms with Crippen molar-refractivity contribution in [3.8, 4) is 0 Å². The van der Waals surface area contributed by atoms with Gasteiger partial charge in [-0.2, -0.15) is 0 Å². The Morgan fingerprint density at radius 3 is 2.14 bits per heavy atom. The first kappa shape index (κ1) is 12.9. The van der Waals surface area contributed by atoms with Gasteiger partial charge in [0.05, 0.1) is 5.41 Å². The van der Waals surface area contributed by atoms with Gasteiger partial charge in [-0.3, -0.25) is 4.79 Å². The largest absolute Gasteiger partial charge is 0.353 e. The van der Waals surface area contributed by atoms with Crippen LogP contribution < -0.4 is 5.32 Å². The Hall–Kier alpha value is -0.610. The minimum Gasteiger partial charge on any atom is -0.353 e. The Morgan fingerprint density at radius 2 is 1.71 bits per heavy atom. The molecule has 0 aromatic rings. The molecule has 6 unspecified atom stereocenters. The number of rotatable bonds is 2. The van der Waals surface area contributed by atoms with Gasteiger partial charge in [-0.05, 0) is 76.5 Å². The minimum atomic E-state index is -0.399. The SMILES string of the molecule is CC1(C)CC(NC(=O)C23C4CC5C(C52)C43)CC(C)(C)N1[O]. The van der Waals surface area contributed by atoms with Crippen molar-refractivity contribution >= 4 is 5.91 Å². The summed E-state index contributed by atoms with van der Waals surface area (Å²) in [6.07, 6.45) is 2.84. The molecule has 4 heteroatoms. The minimum absolute atomic E-state index is 0.0677. The summed E-state index contributed by atoms with van der Waals surface area (Å²) in [5.41, 5.74) is -0.730. The summed E-state index contributed by atoms with van der Waals surface area (Å²) in [5, 5.41) is 17.0. The molecule has 1 aliphatic heterocycles. The normalized spacial score (nSPS) is 54.6. The molecule has 4 nitrogen and oxygen atoms in total. The molecule has 21 heavy (non-hydrogen) atoms. The zero-order chi connectivity index (χ0) is 14.9. The fourth-order valence-electron chi connectivity index (χ4n) is 7.10. The molecular formula is C17H25N2O2. The molecule has 1 radical (unpaired) electrons. The zero-order valence-corrected chi connectivity index (χ0v) is 13.3. The summed E-state index contributed by atoms with van der Waals surface area (Å²) in [4.78, 5) is 12.8. The molecular weight excluding hydrogens is 264 g/mol. The second-order valence-electron chi connectivity index (χ2n) is 9.57. The highest BCUT2D eigenvalue weighted by Crippen LogP contribution is 2.98. The van der Waals surface area contributed by atoms with Crippen molar-refractivity contribution in [3.05, 3.63) is 0 Å². The Bertz CT molecular complexity index is 518. The molecule has 6 fully saturated rings. The van der Waals surface area contributed by atoms with Gasteiger partial charge in [-0.15, -0.1) is 10.3 Å². The van der Waals surface area contributed by atoms with Gasteiger partial charge in [0, 0.05) is 17.1 Å². The molecule has 6 aliphatic rings. The van der Waals surface area contributed by atoms with Crippen LogP contribution in [0.1, 0.15) is 47.0 Å². The van der Waals surface area contributed by atoms with E-state index >= 15 is 0 Å². The molecule has 6 rings (SSSR count). The van der Waals surface area contributed by atoms with Crippen molar-refractivity contribution in [2.24, 2.45) is 35.0 Å². The van der Waals surface area contributed by atoms with Crippen LogP contribution in [0.25, 0.3) is 0 Å². The molecule has 1 amide bonds. The molecule has 5 saturated carbocycles. The van der Waals surface area contributed by atoms with Crippen LogP contribution in [0.5, 0.6) is 0 Å². The molecule has 0 aromatic heterocycles. The second kappa shape index (κ2) is 3.18. The van der Waals surface area contributed by atoms with E-state index in [1.807, 2.05) is 27.7 Å². The highest BCUT2D eigenvalue weighted by atomic mass is 16.5. The molecule has 5 aliphatic carbocycles. The molecule has 6 atom stereocenters. The van der Waals surface area contributed by atoms with Gasteiger partial charge < -0.3 is 5.32 Å². The number of hydrogen-bond acceptors (Lipinski definition) is 2. The van der Waals surface area contributed by atoms with Crippen molar-refractivity contribution in [1.29, 1.82) is 0 Å². The van der Waals surface area contributed by atoms with E-state index in [0.29, 0.717) is 5.91 Å². The number of carbonyl (C=O) groups is 1. The van der Waals surface area contributed by atoms with E-state index in [9.17, 15) is 10.0 Å². The maximum absolute atomic E-state index is 12.8. The first-order chi connectivity index (χ1) is 9.71. The van der Waals surface area contributed by atoms with Crippen molar-refractivity contribution in [1.82, 2.24) is 10.4 Å². The summed E-state index contributed by atoms with van der Waals surface area (Å²) in [6, 6.07) is 0.151. The third-order valence-corrected chi connectivity index (χ3v) is 7.53. The van der Waals surface area contributed by atoms with Crippen LogP contribution in [0.15, 0.2) is 0 Å². The standard InChI is InChI=1S/C17H25N2O2/c1-15(2)6-8(7-16(3,4)19(15)21)18-14(20)17-10-5-9-11(12(9)17)13(10)17/h8-13H,5-7H2,1-4H3,(H,18,20). The van der Waals surface area contributed by atoms with Gasteiger partial charge in [0.25, 0.3) is 0 Å². The third kappa shape index (κ3) is 1.22. The maximum atomic E-state index is 12.8. The molecule has 115 valence electrons. The lowest BCUT2D eigenvalue weighted by Crippen LogP contribution is -2.63. The lowest BCUT2D eigenvalue weighted by Gasteiger charge is -2.50. The number of nitrogens with one attached hydrogen (secondary N) is 1. The average molecular weight is 289 g/mol.